The van der Waals surface area contributed by atoms with Gasteiger partial charge in [-0.2, -0.15) is 5.26 Å². The minimum Gasteiger partial charge on any atom is -0.398 e. The van der Waals surface area contributed by atoms with E-state index in [0.717, 1.165) is 0 Å². The first kappa shape index (κ1) is 13.5. The van der Waals surface area contributed by atoms with E-state index < -0.39 is 9.84 Å². The summed E-state index contributed by atoms with van der Waals surface area (Å²) in [5.74, 6) is -0.143. The van der Waals surface area contributed by atoms with Crippen LogP contribution in [0.15, 0.2) is 22.7 Å². The molecule has 8 heteroatoms. The lowest BCUT2D eigenvalue weighted by molar-refractivity contribution is 0.593. The molecule has 0 saturated heterocycles. The maximum absolute atomic E-state index is 12.0. The molecular formula is C11H10N4O2S2. The van der Waals surface area contributed by atoms with Gasteiger partial charge in [-0.3, -0.25) is 0 Å². The van der Waals surface area contributed by atoms with Crippen molar-refractivity contribution in [2.24, 2.45) is 0 Å². The predicted octanol–water partition coefficient (Wildman–Crippen LogP) is 1.45. The van der Waals surface area contributed by atoms with E-state index in [1.807, 2.05) is 0 Å². The molecule has 98 valence electrons. The molecule has 0 unspecified atom stereocenters. The van der Waals surface area contributed by atoms with Crippen molar-refractivity contribution in [2.45, 2.75) is 11.9 Å². The second kappa shape index (κ2) is 4.95. The van der Waals surface area contributed by atoms with Crippen LogP contribution in [-0.4, -0.2) is 24.1 Å². The molecule has 2 aromatic heterocycles. The smallest absolute Gasteiger partial charge is 0.196 e. The van der Waals surface area contributed by atoms with Crippen LogP contribution < -0.4 is 5.73 Å². The van der Waals surface area contributed by atoms with Gasteiger partial charge in [-0.1, -0.05) is 6.92 Å². The quantitative estimate of drug-likeness (QED) is 0.917. The molecule has 2 rings (SSSR count). The summed E-state index contributed by atoms with van der Waals surface area (Å²) in [4.78, 5) is 8.10. The molecule has 0 fully saturated rings. The highest BCUT2D eigenvalue weighted by Gasteiger charge is 2.22. The van der Waals surface area contributed by atoms with Crippen LogP contribution in [0.3, 0.4) is 0 Å². The summed E-state index contributed by atoms with van der Waals surface area (Å²) < 4.78 is 23.9. The van der Waals surface area contributed by atoms with Crippen molar-refractivity contribution < 1.29 is 8.42 Å². The number of sulfone groups is 1. The molecule has 0 radical (unpaired) electrons. The van der Waals surface area contributed by atoms with Crippen LogP contribution in [0.1, 0.15) is 12.5 Å². The molecule has 0 aliphatic carbocycles. The van der Waals surface area contributed by atoms with Crippen molar-refractivity contribution in [3.8, 4) is 16.8 Å². The largest absolute Gasteiger partial charge is 0.398 e. The number of nitrogen functional groups attached to an aromatic ring is 1. The molecule has 0 saturated carbocycles. The molecule has 0 atom stereocenters. The van der Waals surface area contributed by atoms with Crippen LogP contribution in [0.25, 0.3) is 10.7 Å². The minimum atomic E-state index is -3.61. The van der Waals surface area contributed by atoms with E-state index in [1.54, 1.807) is 17.6 Å². The van der Waals surface area contributed by atoms with Crippen molar-refractivity contribution in [1.29, 1.82) is 5.26 Å². The average Bonchev–Trinajstić information content (AvgIpc) is 2.91. The monoisotopic (exact) mass is 294 g/mol. The summed E-state index contributed by atoms with van der Waals surface area (Å²) in [6, 6.07) is 3.26. The normalized spacial score (nSPS) is 11.2. The number of nitrogens with two attached hydrogens (primary N) is 1. The molecule has 0 aliphatic rings. The second-order valence-electron chi connectivity index (χ2n) is 3.63. The Morgan fingerprint density at radius 2 is 2.26 bits per heavy atom. The molecule has 19 heavy (non-hydrogen) atoms. The van der Waals surface area contributed by atoms with Gasteiger partial charge in [0.2, 0.25) is 0 Å². The van der Waals surface area contributed by atoms with E-state index in [-0.39, 0.29) is 22.0 Å². The third-order valence-electron chi connectivity index (χ3n) is 2.45. The minimum absolute atomic E-state index is 0.0923. The van der Waals surface area contributed by atoms with E-state index in [9.17, 15) is 8.42 Å². The van der Waals surface area contributed by atoms with E-state index in [0.29, 0.717) is 10.7 Å². The topological polar surface area (TPSA) is 110 Å². The lowest BCUT2D eigenvalue weighted by Crippen LogP contribution is -2.11. The Kier molecular flexibility index (Phi) is 3.50. The lowest BCUT2D eigenvalue weighted by atomic mass is 10.2. The van der Waals surface area contributed by atoms with Gasteiger partial charge in [-0.05, 0) is 6.07 Å². The zero-order valence-corrected chi connectivity index (χ0v) is 11.6. The number of thiazole rings is 1. The fourth-order valence-corrected chi connectivity index (χ4v) is 3.06. The summed E-state index contributed by atoms with van der Waals surface area (Å²) in [6.45, 7) is 1.49. The lowest BCUT2D eigenvalue weighted by Gasteiger charge is -2.07. The van der Waals surface area contributed by atoms with Crippen molar-refractivity contribution in [3.63, 3.8) is 0 Å². The van der Waals surface area contributed by atoms with Crippen LogP contribution in [-0.2, 0) is 9.84 Å². The number of nitriles is 1. The first-order valence-corrected chi connectivity index (χ1v) is 7.86. The number of anilines is 1. The molecule has 0 aromatic carbocycles. The molecule has 2 N–H and O–H groups in total. The van der Waals surface area contributed by atoms with Crippen molar-refractivity contribution in [2.75, 3.05) is 11.5 Å². The summed E-state index contributed by atoms with van der Waals surface area (Å²) >= 11 is 1.32. The van der Waals surface area contributed by atoms with E-state index >= 15 is 0 Å². The van der Waals surface area contributed by atoms with Crippen LogP contribution in [0.2, 0.25) is 0 Å². The number of aromatic nitrogens is 2. The molecular weight excluding hydrogens is 284 g/mol. The number of hydrogen-bond acceptors (Lipinski definition) is 7. The Bertz CT molecular complexity index is 746. The highest BCUT2D eigenvalue weighted by molar-refractivity contribution is 7.91. The van der Waals surface area contributed by atoms with Crippen LogP contribution in [0.4, 0.5) is 5.69 Å². The number of pyridine rings is 1. The van der Waals surface area contributed by atoms with Gasteiger partial charge in [0, 0.05) is 11.6 Å². The van der Waals surface area contributed by atoms with Gasteiger partial charge in [-0.15, -0.1) is 11.3 Å². The molecule has 2 heterocycles. The number of hydrogen-bond donors (Lipinski definition) is 1. The van der Waals surface area contributed by atoms with E-state index in [1.165, 1.54) is 24.3 Å². The van der Waals surface area contributed by atoms with Crippen LogP contribution in [0, 0.1) is 11.3 Å². The third-order valence-corrected chi connectivity index (χ3v) is 4.89. The zero-order valence-electron chi connectivity index (χ0n) is 9.99. The van der Waals surface area contributed by atoms with Crippen molar-refractivity contribution >= 4 is 26.9 Å². The summed E-state index contributed by atoms with van der Waals surface area (Å²) in [5, 5.41) is 11.1. The van der Waals surface area contributed by atoms with E-state index in [2.05, 4.69) is 9.97 Å². The van der Waals surface area contributed by atoms with Crippen LogP contribution in [0.5, 0.6) is 0 Å². The number of rotatable bonds is 3. The Balaban J connectivity index is 2.75. The Morgan fingerprint density at radius 3 is 2.79 bits per heavy atom. The predicted molar refractivity (Wildman–Crippen MR) is 72.2 cm³/mol. The molecule has 6 nitrogen and oxygen atoms in total. The van der Waals surface area contributed by atoms with Gasteiger partial charge < -0.3 is 5.73 Å². The van der Waals surface area contributed by atoms with Crippen LogP contribution >= 0.6 is 11.3 Å². The molecule has 0 spiro atoms. The average molecular weight is 294 g/mol. The number of nitrogens with zero attached hydrogens (tertiary/aromatic N) is 3. The molecule has 0 aliphatic heterocycles. The van der Waals surface area contributed by atoms with Gasteiger partial charge >= 0.3 is 0 Å². The standard InChI is InChI=1S/C11H10N4O2S2/c1-2-19(16,17)11-7(6-12)8(13)5-9(15-11)10-14-3-4-18-10/h3-5H,2H2,1H3,(H2,13,15). The fraction of sp³-hybridized carbons (Fsp3) is 0.182. The van der Waals surface area contributed by atoms with Gasteiger partial charge in [-0.25, -0.2) is 18.4 Å². The zero-order chi connectivity index (χ0) is 14.0. The van der Waals surface area contributed by atoms with Crippen molar-refractivity contribution in [3.05, 3.63) is 23.2 Å². The Labute approximate surface area is 114 Å². The summed E-state index contributed by atoms with van der Waals surface area (Å²) in [6.07, 6.45) is 1.59. The van der Waals surface area contributed by atoms with E-state index in [4.69, 9.17) is 11.0 Å². The maximum Gasteiger partial charge on any atom is 0.196 e. The molecule has 0 amide bonds. The van der Waals surface area contributed by atoms with Gasteiger partial charge in [0.25, 0.3) is 0 Å². The van der Waals surface area contributed by atoms with Gasteiger partial charge in [0.15, 0.2) is 14.9 Å². The fourth-order valence-electron chi connectivity index (χ4n) is 1.47. The second-order valence-corrected chi connectivity index (χ2v) is 6.72. The maximum atomic E-state index is 12.0. The van der Waals surface area contributed by atoms with Crippen molar-refractivity contribution in [1.82, 2.24) is 9.97 Å². The Morgan fingerprint density at radius 1 is 1.53 bits per heavy atom. The first-order chi connectivity index (χ1) is 8.99. The third kappa shape index (κ3) is 2.43. The molecule has 2 aromatic rings. The summed E-state index contributed by atoms with van der Waals surface area (Å²) in [5.41, 5.74) is 6.08. The highest BCUT2D eigenvalue weighted by atomic mass is 32.2. The highest BCUT2D eigenvalue weighted by Crippen LogP contribution is 2.27. The Hall–Kier alpha value is -1.98. The van der Waals surface area contributed by atoms with Gasteiger partial charge in [0.1, 0.15) is 22.3 Å². The summed E-state index contributed by atoms with van der Waals surface area (Å²) in [7, 11) is -3.61. The molecule has 0 bridgehead atoms. The first-order valence-electron chi connectivity index (χ1n) is 5.33. The SMILES string of the molecule is CCS(=O)(=O)c1nc(-c2nccs2)cc(N)c1C#N. The van der Waals surface area contributed by atoms with Gasteiger partial charge in [0.05, 0.1) is 11.4 Å².